The summed E-state index contributed by atoms with van der Waals surface area (Å²) in [4.78, 5) is 2.30. The van der Waals surface area contributed by atoms with Gasteiger partial charge in [0, 0.05) is 25.6 Å². The Morgan fingerprint density at radius 3 is 2.84 bits per heavy atom. The van der Waals surface area contributed by atoms with Crippen LogP contribution in [0.1, 0.15) is 54.9 Å². The van der Waals surface area contributed by atoms with Crippen LogP contribution in [0.25, 0.3) is 0 Å². The number of β-amino-alcohol motifs (C(OH)–C–C–N with tert-alkyl or cyclic N) is 1. The van der Waals surface area contributed by atoms with Crippen LogP contribution in [-0.4, -0.2) is 44.5 Å². The minimum absolute atomic E-state index is 0.175. The maximum absolute atomic E-state index is 10.2. The number of rotatable bonds is 5. The van der Waals surface area contributed by atoms with Crippen molar-refractivity contribution >= 4 is 0 Å². The van der Waals surface area contributed by atoms with Gasteiger partial charge in [0.05, 0.1) is 19.8 Å². The number of benzene rings is 1. The van der Waals surface area contributed by atoms with E-state index in [-0.39, 0.29) is 12.1 Å². The lowest BCUT2D eigenvalue weighted by Gasteiger charge is -2.26. The first-order valence-electron chi connectivity index (χ1n) is 9.10. The van der Waals surface area contributed by atoms with E-state index in [4.69, 9.17) is 4.74 Å². The Balaban J connectivity index is 1.55. The normalized spacial score (nSPS) is 24.4. The average Bonchev–Trinajstić information content (AvgIpc) is 3.11. The third-order valence-electron chi connectivity index (χ3n) is 5.67. The molecule has 1 saturated heterocycles. The summed E-state index contributed by atoms with van der Waals surface area (Å²) in [5, 5.41) is 19.1. The molecule has 1 aromatic carbocycles. The smallest absolute Gasteiger partial charge is 0.146 e. The summed E-state index contributed by atoms with van der Waals surface area (Å²) in [6, 6.07) is 8.30. The van der Waals surface area contributed by atoms with Crippen molar-refractivity contribution in [2.24, 2.45) is 7.05 Å². The zero-order valence-electron chi connectivity index (χ0n) is 14.9. The summed E-state index contributed by atoms with van der Waals surface area (Å²) < 4.78 is 7.50. The zero-order chi connectivity index (χ0) is 17.4. The van der Waals surface area contributed by atoms with Gasteiger partial charge in [0.2, 0.25) is 0 Å². The molecule has 1 aromatic heterocycles. The van der Waals surface area contributed by atoms with Crippen LogP contribution < -0.4 is 4.74 Å². The fraction of sp³-hybridized carbons (Fsp3) is 0.579. The Labute approximate surface area is 148 Å². The predicted molar refractivity (Wildman–Crippen MR) is 94.4 cm³/mol. The van der Waals surface area contributed by atoms with Gasteiger partial charge >= 0.3 is 0 Å². The molecule has 2 aliphatic rings. The van der Waals surface area contributed by atoms with E-state index in [0.29, 0.717) is 19.0 Å². The molecule has 4 rings (SSSR count). The summed E-state index contributed by atoms with van der Waals surface area (Å²) in [5.41, 5.74) is 1.18. The number of aliphatic hydroxyl groups is 1. The van der Waals surface area contributed by atoms with Crippen molar-refractivity contribution in [3.8, 4) is 5.75 Å². The van der Waals surface area contributed by atoms with Gasteiger partial charge in [0.15, 0.2) is 0 Å². The predicted octanol–water partition coefficient (Wildman–Crippen LogP) is 2.40. The Morgan fingerprint density at radius 1 is 1.28 bits per heavy atom. The number of nitrogens with zero attached hydrogens (tertiary/aromatic N) is 4. The van der Waals surface area contributed by atoms with Crippen LogP contribution in [-0.2, 0) is 13.6 Å². The van der Waals surface area contributed by atoms with E-state index >= 15 is 0 Å². The Morgan fingerprint density at radius 2 is 2.12 bits per heavy atom. The number of aromatic nitrogens is 3. The zero-order valence-corrected chi connectivity index (χ0v) is 14.9. The molecule has 0 bridgehead atoms. The molecule has 134 valence electrons. The van der Waals surface area contributed by atoms with Gasteiger partial charge < -0.3 is 14.4 Å². The highest BCUT2D eigenvalue weighted by Gasteiger charge is 2.34. The van der Waals surface area contributed by atoms with Gasteiger partial charge in [-0.1, -0.05) is 18.6 Å². The van der Waals surface area contributed by atoms with Crippen LogP contribution in [0.4, 0.5) is 0 Å². The summed E-state index contributed by atoms with van der Waals surface area (Å²) in [7, 11) is 3.75. The summed E-state index contributed by atoms with van der Waals surface area (Å²) in [5.74, 6) is 3.51. The SMILES string of the molecule is COc1cccc([C@H]2C[C@@H](O)CN2Cc2nnc(C3CCC3)n2C)c1. The van der Waals surface area contributed by atoms with Crippen molar-refractivity contribution in [3.05, 3.63) is 41.5 Å². The molecular weight excluding hydrogens is 316 g/mol. The van der Waals surface area contributed by atoms with E-state index in [0.717, 1.165) is 23.8 Å². The molecule has 1 saturated carbocycles. The number of likely N-dealkylation sites (tertiary alicyclic amines) is 1. The highest BCUT2D eigenvalue weighted by molar-refractivity contribution is 5.31. The standard InChI is InChI=1S/C19H26N4O2/c1-22-18(20-21-19(22)13-5-3-6-13)12-23-11-15(24)10-17(23)14-7-4-8-16(9-14)25-2/h4,7-9,13,15,17,24H,3,5-6,10-12H2,1-2H3/t15-,17-/m1/s1. The van der Waals surface area contributed by atoms with Gasteiger partial charge in [-0.15, -0.1) is 10.2 Å². The molecule has 0 amide bonds. The van der Waals surface area contributed by atoms with Crippen LogP contribution in [0, 0.1) is 0 Å². The van der Waals surface area contributed by atoms with E-state index in [2.05, 4.69) is 38.8 Å². The summed E-state index contributed by atoms with van der Waals surface area (Å²) in [6.45, 7) is 1.36. The van der Waals surface area contributed by atoms with Crippen LogP contribution in [0.2, 0.25) is 0 Å². The van der Waals surface area contributed by atoms with Gasteiger partial charge in [0.25, 0.3) is 0 Å². The second kappa shape index (κ2) is 6.77. The number of hydrogen-bond acceptors (Lipinski definition) is 5. The second-order valence-electron chi connectivity index (χ2n) is 7.27. The fourth-order valence-electron chi connectivity index (χ4n) is 3.97. The highest BCUT2D eigenvalue weighted by atomic mass is 16.5. The highest BCUT2D eigenvalue weighted by Crippen LogP contribution is 2.37. The van der Waals surface area contributed by atoms with Crippen LogP contribution in [0.3, 0.4) is 0 Å². The summed E-state index contributed by atoms with van der Waals surface area (Å²) >= 11 is 0. The van der Waals surface area contributed by atoms with Crippen LogP contribution >= 0.6 is 0 Å². The largest absolute Gasteiger partial charge is 0.497 e. The molecule has 2 heterocycles. The van der Waals surface area contributed by atoms with E-state index in [1.54, 1.807) is 7.11 Å². The first-order valence-corrected chi connectivity index (χ1v) is 9.10. The van der Waals surface area contributed by atoms with E-state index < -0.39 is 0 Å². The molecule has 0 unspecified atom stereocenters. The summed E-state index contributed by atoms with van der Waals surface area (Å²) in [6.07, 6.45) is 4.17. The van der Waals surface area contributed by atoms with Crippen molar-refractivity contribution in [2.45, 2.75) is 50.3 Å². The van der Waals surface area contributed by atoms with Gasteiger partial charge in [-0.2, -0.15) is 0 Å². The Kier molecular flexibility index (Phi) is 4.48. The number of methoxy groups -OCH3 is 1. The minimum Gasteiger partial charge on any atom is -0.497 e. The maximum Gasteiger partial charge on any atom is 0.146 e. The van der Waals surface area contributed by atoms with Crippen LogP contribution in [0.15, 0.2) is 24.3 Å². The topological polar surface area (TPSA) is 63.4 Å². The first kappa shape index (κ1) is 16.5. The molecule has 2 fully saturated rings. The van der Waals surface area contributed by atoms with Crippen molar-refractivity contribution in [1.29, 1.82) is 0 Å². The van der Waals surface area contributed by atoms with Crippen LogP contribution in [0.5, 0.6) is 5.75 Å². The lowest BCUT2D eigenvalue weighted by molar-refractivity contribution is 0.170. The Bertz CT molecular complexity index is 741. The molecule has 0 spiro atoms. The van der Waals surface area contributed by atoms with E-state index in [1.165, 1.54) is 24.8 Å². The van der Waals surface area contributed by atoms with Gasteiger partial charge in [0.1, 0.15) is 17.4 Å². The molecule has 0 radical (unpaired) electrons. The molecule has 1 N–H and O–H groups in total. The van der Waals surface area contributed by atoms with Crippen molar-refractivity contribution < 1.29 is 9.84 Å². The van der Waals surface area contributed by atoms with E-state index in [9.17, 15) is 5.11 Å². The molecule has 6 nitrogen and oxygen atoms in total. The average molecular weight is 342 g/mol. The molecule has 1 aliphatic heterocycles. The number of hydrogen-bond donors (Lipinski definition) is 1. The van der Waals surface area contributed by atoms with Gasteiger partial charge in [-0.25, -0.2) is 0 Å². The Hall–Kier alpha value is -1.92. The van der Waals surface area contributed by atoms with Crippen molar-refractivity contribution in [1.82, 2.24) is 19.7 Å². The lowest BCUT2D eigenvalue weighted by Crippen LogP contribution is -2.26. The first-order chi connectivity index (χ1) is 12.2. The monoisotopic (exact) mass is 342 g/mol. The van der Waals surface area contributed by atoms with Gasteiger partial charge in [-0.05, 0) is 37.0 Å². The molecule has 6 heteroatoms. The number of aliphatic hydroxyl groups excluding tert-OH is 1. The molecular formula is C19H26N4O2. The molecule has 2 aromatic rings. The van der Waals surface area contributed by atoms with Gasteiger partial charge in [-0.3, -0.25) is 4.90 Å². The number of ether oxygens (including phenoxy) is 1. The lowest BCUT2D eigenvalue weighted by atomic mass is 9.85. The second-order valence-corrected chi connectivity index (χ2v) is 7.27. The molecule has 25 heavy (non-hydrogen) atoms. The minimum atomic E-state index is -0.310. The van der Waals surface area contributed by atoms with Crippen molar-refractivity contribution in [2.75, 3.05) is 13.7 Å². The molecule has 2 atom stereocenters. The third kappa shape index (κ3) is 3.16. The fourth-order valence-corrected chi connectivity index (χ4v) is 3.97. The maximum atomic E-state index is 10.2. The third-order valence-corrected chi connectivity index (χ3v) is 5.67. The quantitative estimate of drug-likeness (QED) is 0.904. The van der Waals surface area contributed by atoms with Crippen molar-refractivity contribution in [3.63, 3.8) is 0 Å². The van der Waals surface area contributed by atoms with E-state index in [1.807, 2.05) is 12.1 Å². The molecule has 1 aliphatic carbocycles.